The van der Waals surface area contributed by atoms with E-state index in [1.54, 1.807) is 23.8 Å². The second kappa shape index (κ2) is 13.5. The number of nitrogens with zero attached hydrogens (tertiary/aromatic N) is 1. The van der Waals surface area contributed by atoms with Crippen LogP contribution in [0, 0.1) is 5.92 Å². The summed E-state index contributed by atoms with van der Waals surface area (Å²) in [5, 5.41) is 3.00. The summed E-state index contributed by atoms with van der Waals surface area (Å²) in [6.45, 7) is 7.04. The van der Waals surface area contributed by atoms with Crippen molar-refractivity contribution in [3.8, 4) is 5.75 Å². The van der Waals surface area contributed by atoms with E-state index in [9.17, 15) is 9.59 Å². The van der Waals surface area contributed by atoms with Crippen LogP contribution >= 0.6 is 27.7 Å². The predicted molar refractivity (Wildman–Crippen MR) is 136 cm³/mol. The van der Waals surface area contributed by atoms with Gasteiger partial charge in [-0.3, -0.25) is 9.59 Å². The summed E-state index contributed by atoms with van der Waals surface area (Å²) >= 11 is 5.01. The molecule has 0 bridgehead atoms. The first-order valence-electron chi connectivity index (χ1n) is 10.9. The molecule has 1 atom stereocenters. The number of rotatable bonds is 12. The van der Waals surface area contributed by atoms with Gasteiger partial charge in [-0.05, 0) is 47.7 Å². The number of carbonyl (C=O) groups excluding carboxylic acids is 2. The first-order chi connectivity index (χ1) is 15.3. The molecular formula is C25H33BrN2O3S. The van der Waals surface area contributed by atoms with Crippen molar-refractivity contribution in [2.24, 2.45) is 5.92 Å². The number of halogens is 1. The maximum absolute atomic E-state index is 13.3. The van der Waals surface area contributed by atoms with Gasteiger partial charge >= 0.3 is 0 Å². The third kappa shape index (κ3) is 8.51. The first-order valence-corrected chi connectivity index (χ1v) is 12.8. The fourth-order valence-electron chi connectivity index (χ4n) is 3.19. The van der Waals surface area contributed by atoms with E-state index in [2.05, 4.69) is 35.1 Å². The molecule has 0 radical (unpaired) electrons. The maximum atomic E-state index is 13.3. The van der Waals surface area contributed by atoms with E-state index >= 15 is 0 Å². The molecule has 0 saturated heterocycles. The van der Waals surface area contributed by atoms with Crippen LogP contribution in [0.5, 0.6) is 5.75 Å². The van der Waals surface area contributed by atoms with Gasteiger partial charge in [-0.15, -0.1) is 11.8 Å². The lowest BCUT2D eigenvalue weighted by Gasteiger charge is -2.31. The van der Waals surface area contributed by atoms with E-state index in [0.717, 1.165) is 27.1 Å². The molecule has 5 nitrogen and oxygen atoms in total. The molecule has 2 rings (SSSR count). The summed E-state index contributed by atoms with van der Waals surface area (Å²) in [6.07, 6.45) is 0.559. The Morgan fingerprint density at radius 2 is 1.69 bits per heavy atom. The van der Waals surface area contributed by atoms with Gasteiger partial charge in [0.1, 0.15) is 11.8 Å². The molecule has 0 aliphatic carbocycles. The van der Waals surface area contributed by atoms with E-state index in [1.807, 2.05) is 55.5 Å². The molecule has 32 heavy (non-hydrogen) atoms. The zero-order chi connectivity index (χ0) is 23.5. The summed E-state index contributed by atoms with van der Waals surface area (Å²) in [5.74, 6) is 2.05. The number of nitrogens with one attached hydrogen (secondary N) is 1. The number of benzene rings is 2. The van der Waals surface area contributed by atoms with Gasteiger partial charge in [0.2, 0.25) is 11.8 Å². The Morgan fingerprint density at radius 3 is 2.25 bits per heavy atom. The van der Waals surface area contributed by atoms with Gasteiger partial charge in [0.05, 0.1) is 12.9 Å². The Kier molecular flexibility index (Phi) is 11.1. The average molecular weight is 522 g/mol. The molecule has 0 aromatic heterocycles. The molecule has 1 N–H and O–H groups in total. The zero-order valence-electron chi connectivity index (χ0n) is 19.3. The van der Waals surface area contributed by atoms with Gasteiger partial charge in [-0.2, -0.15) is 0 Å². The molecule has 0 fully saturated rings. The largest absolute Gasteiger partial charge is 0.497 e. The van der Waals surface area contributed by atoms with Crippen LogP contribution < -0.4 is 10.1 Å². The Labute approximate surface area is 204 Å². The van der Waals surface area contributed by atoms with Gasteiger partial charge in [-0.25, -0.2) is 0 Å². The molecule has 0 aliphatic heterocycles. The summed E-state index contributed by atoms with van der Waals surface area (Å²) < 4.78 is 6.27. The van der Waals surface area contributed by atoms with Crippen LogP contribution in [0.4, 0.5) is 0 Å². The minimum Gasteiger partial charge on any atom is -0.497 e. The highest BCUT2D eigenvalue weighted by Gasteiger charge is 2.28. The summed E-state index contributed by atoms with van der Waals surface area (Å²) in [6, 6.07) is 15.2. The number of amides is 2. The van der Waals surface area contributed by atoms with Gasteiger partial charge in [0, 0.05) is 23.3 Å². The molecule has 1 unspecified atom stereocenters. The molecule has 2 aromatic rings. The summed E-state index contributed by atoms with van der Waals surface area (Å²) in [4.78, 5) is 27.9. The standard InChI is InChI=1S/C25H33BrN2O3S/c1-5-23(25(30)27-14-18(2)3)28(15-19-8-12-22(31-4)13-9-19)24(29)17-32-16-20-6-10-21(26)11-7-20/h6-13,18,23H,5,14-17H2,1-4H3,(H,27,30). The topological polar surface area (TPSA) is 58.6 Å². The molecule has 174 valence electrons. The first kappa shape index (κ1) is 26.3. The third-order valence-corrected chi connectivity index (χ3v) is 6.51. The van der Waals surface area contributed by atoms with Crippen molar-refractivity contribution in [3.05, 3.63) is 64.1 Å². The van der Waals surface area contributed by atoms with Crippen LogP contribution in [0.15, 0.2) is 53.0 Å². The van der Waals surface area contributed by atoms with Crippen LogP contribution in [0.3, 0.4) is 0 Å². The van der Waals surface area contributed by atoms with E-state index < -0.39 is 6.04 Å². The van der Waals surface area contributed by atoms with Crippen molar-refractivity contribution in [1.82, 2.24) is 10.2 Å². The normalized spacial score (nSPS) is 11.8. The molecule has 0 spiro atoms. The monoisotopic (exact) mass is 520 g/mol. The fourth-order valence-corrected chi connectivity index (χ4v) is 4.32. The lowest BCUT2D eigenvalue weighted by Crippen LogP contribution is -2.50. The zero-order valence-corrected chi connectivity index (χ0v) is 21.7. The molecule has 0 heterocycles. The van der Waals surface area contributed by atoms with Crippen LogP contribution in [-0.2, 0) is 21.9 Å². The second-order valence-electron chi connectivity index (χ2n) is 8.05. The van der Waals surface area contributed by atoms with Crippen molar-refractivity contribution in [2.75, 3.05) is 19.4 Å². The minimum absolute atomic E-state index is 0.0329. The summed E-state index contributed by atoms with van der Waals surface area (Å²) in [7, 11) is 1.62. The average Bonchev–Trinajstić information content (AvgIpc) is 2.79. The van der Waals surface area contributed by atoms with E-state index in [1.165, 1.54) is 0 Å². The molecule has 2 aromatic carbocycles. The number of carbonyl (C=O) groups is 2. The molecule has 7 heteroatoms. The number of ether oxygens (including phenoxy) is 1. The van der Waals surface area contributed by atoms with Gasteiger partial charge in [-0.1, -0.05) is 61.0 Å². The molecule has 0 saturated carbocycles. The highest BCUT2D eigenvalue weighted by Crippen LogP contribution is 2.20. The lowest BCUT2D eigenvalue weighted by atomic mass is 10.1. The van der Waals surface area contributed by atoms with Crippen LogP contribution in [0.1, 0.15) is 38.3 Å². The predicted octanol–water partition coefficient (Wildman–Crippen LogP) is 5.27. The van der Waals surface area contributed by atoms with E-state index in [-0.39, 0.29) is 11.8 Å². The molecule has 2 amide bonds. The van der Waals surface area contributed by atoms with Crippen molar-refractivity contribution >= 4 is 39.5 Å². The second-order valence-corrected chi connectivity index (χ2v) is 9.95. The van der Waals surface area contributed by atoms with Gasteiger partial charge < -0.3 is 15.0 Å². The smallest absolute Gasteiger partial charge is 0.242 e. The molecule has 0 aliphatic rings. The Morgan fingerprint density at radius 1 is 1.06 bits per heavy atom. The Bertz CT molecular complexity index is 856. The maximum Gasteiger partial charge on any atom is 0.242 e. The summed E-state index contributed by atoms with van der Waals surface area (Å²) in [5.41, 5.74) is 2.13. The highest BCUT2D eigenvalue weighted by atomic mass is 79.9. The lowest BCUT2D eigenvalue weighted by molar-refractivity contribution is -0.139. The quantitative estimate of drug-likeness (QED) is 0.414. The van der Waals surface area contributed by atoms with E-state index in [4.69, 9.17) is 4.74 Å². The Balaban J connectivity index is 2.11. The van der Waals surface area contributed by atoms with Gasteiger partial charge in [0.15, 0.2) is 0 Å². The number of methoxy groups -OCH3 is 1. The third-order valence-electron chi connectivity index (χ3n) is 4.99. The highest BCUT2D eigenvalue weighted by molar-refractivity contribution is 9.10. The van der Waals surface area contributed by atoms with E-state index in [0.29, 0.717) is 31.2 Å². The van der Waals surface area contributed by atoms with Crippen LogP contribution in [0.2, 0.25) is 0 Å². The number of hydrogen-bond acceptors (Lipinski definition) is 4. The van der Waals surface area contributed by atoms with Crippen molar-refractivity contribution in [2.45, 2.75) is 45.5 Å². The molecular weight excluding hydrogens is 488 g/mol. The van der Waals surface area contributed by atoms with Crippen molar-refractivity contribution in [1.29, 1.82) is 0 Å². The van der Waals surface area contributed by atoms with Crippen LogP contribution in [0.25, 0.3) is 0 Å². The van der Waals surface area contributed by atoms with Gasteiger partial charge in [0.25, 0.3) is 0 Å². The SMILES string of the molecule is CCC(C(=O)NCC(C)C)N(Cc1ccc(OC)cc1)C(=O)CSCc1ccc(Br)cc1. The Hall–Kier alpha value is -1.99. The fraction of sp³-hybridized carbons (Fsp3) is 0.440. The number of thioether (sulfide) groups is 1. The van der Waals surface area contributed by atoms with Crippen LogP contribution in [-0.4, -0.2) is 42.2 Å². The van der Waals surface area contributed by atoms with Crippen molar-refractivity contribution < 1.29 is 14.3 Å². The minimum atomic E-state index is -0.503. The number of hydrogen-bond donors (Lipinski definition) is 1. The van der Waals surface area contributed by atoms with Crippen molar-refractivity contribution in [3.63, 3.8) is 0 Å².